The molecule has 0 radical (unpaired) electrons. The fourth-order valence-corrected chi connectivity index (χ4v) is 1.84. The summed E-state index contributed by atoms with van der Waals surface area (Å²) < 4.78 is 0. The second-order valence-corrected chi connectivity index (χ2v) is 5.07. The SMILES string of the molecule is CCCCCCc1ccc(C(C)(C)O)cc1. The lowest BCUT2D eigenvalue weighted by atomic mass is 9.96. The van der Waals surface area contributed by atoms with Crippen molar-refractivity contribution in [3.63, 3.8) is 0 Å². The average Bonchev–Trinajstić information content (AvgIpc) is 2.24. The van der Waals surface area contributed by atoms with Crippen LogP contribution in [0.2, 0.25) is 0 Å². The topological polar surface area (TPSA) is 20.2 Å². The summed E-state index contributed by atoms with van der Waals surface area (Å²) in [5.74, 6) is 0. The zero-order chi connectivity index (χ0) is 12.0. The first kappa shape index (κ1) is 13.2. The number of unbranched alkanes of at least 4 members (excludes halogenated alkanes) is 3. The standard InChI is InChI=1S/C15H24O/c1-4-5-6-7-8-13-9-11-14(12-10-13)15(2,3)16/h9-12,16H,4-8H2,1-3H3. The van der Waals surface area contributed by atoms with Crippen molar-refractivity contribution in [3.05, 3.63) is 35.4 Å². The lowest BCUT2D eigenvalue weighted by Crippen LogP contribution is -2.15. The van der Waals surface area contributed by atoms with E-state index in [2.05, 4.69) is 19.1 Å². The highest BCUT2D eigenvalue weighted by atomic mass is 16.3. The molecule has 0 unspecified atom stereocenters. The van der Waals surface area contributed by atoms with Crippen molar-refractivity contribution in [3.8, 4) is 0 Å². The molecule has 0 amide bonds. The van der Waals surface area contributed by atoms with Crippen molar-refractivity contribution in [2.75, 3.05) is 0 Å². The van der Waals surface area contributed by atoms with Crippen molar-refractivity contribution < 1.29 is 5.11 Å². The molecule has 0 bridgehead atoms. The van der Waals surface area contributed by atoms with E-state index >= 15 is 0 Å². The highest BCUT2D eigenvalue weighted by molar-refractivity contribution is 5.26. The van der Waals surface area contributed by atoms with Gasteiger partial charge in [0.25, 0.3) is 0 Å². The summed E-state index contributed by atoms with van der Waals surface area (Å²) in [6.07, 6.45) is 6.38. The van der Waals surface area contributed by atoms with Gasteiger partial charge in [-0.15, -0.1) is 0 Å². The summed E-state index contributed by atoms with van der Waals surface area (Å²) in [6, 6.07) is 8.35. The molecule has 0 saturated heterocycles. The van der Waals surface area contributed by atoms with Crippen LogP contribution in [0.15, 0.2) is 24.3 Å². The van der Waals surface area contributed by atoms with Crippen molar-refractivity contribution in [1.29, 1.82) is 0 Å². The average molecular weight is 220 g/mol. The van der Waals surface area contributed by atoms with E-state index < -0.39 is 5.60 Å². The molecule has 0 aromatic heterocycles. The first-order valence-electron chi connectivity index (χ1n) is 6.36. The van der Waals surface area contributed by atoms with Gasteiger partial charge in [-0.1, -0.05) is 50.5 Å². The van der Waals surface area contributed by atoms with Gasteiger partial charge in [0, 0.05) is 0 Å². The van der Waals surface area contributed by atoms with Gasteiger partial charge in [-0.3, -0.25) is 0 Å². The number of hydrogen-bond donors (Lipinski definition) is 1. The summed E-state index contributed by atoms with van der Waals surface area (Å²) in [6.45, 7) is 5.88. The van der Waals surface area contributed by atoms with Gasteiger partial charge >= 0.3 is 0 Å². The first-order valence-corrected chi connectivity index (χ1v) is 6.36. The van der Waals surface area contributed by atoms with Gasteiger partial charge in [-0.25, -0.2) is 0 Å². The largest absolute Gasteiger partial charge is 0.386 e. The maximum absolute atomic E-state index is 9.83. The van der Waals surface area contributed by atoms with Crippen LogP contribution >= 0.6 is 0 Å². The lowest BCUT2D eigenvalue weighted by Gasteiger charge is -2.17. The number of hydrogen-bond acceptors (Lipinski definition) is 1. The molecule has 0 fully saturated rings. The van der Waals surface area contributed by atoms with E-state index in [9.17, 15) is 5.11 Å². The highest BCUT2D eigenvalue weighted by Crippen LogP contribution is 2.20. The van der Waals surface area contributed by atoms with Gasteiger partial charge in [0.1, 0.15) is 0 Å². The van der Waals surface area contributed by atoms with E-state index in [1.165, 1.54) is 31.2 Å². The molecule has 0 heterocycles. The molecule has 16 heavy (non-hydrogen) atoms. The van der Waals surface area contributed by atoms with Crippen LogP contribution in [-0.4, -0.2) is 5.11 Å². The Balaban J connectivity index is 2.46. The predicted molar refractivity (Wildman–Crippen MR) is 69.5 cm³/mol. The molecular formula is C15H24O. The number of aliphatic hydroxyl groups is 1. The molecule has 0 spiro atoms. The molecular weight excluding hydrogens is 196 g/mol. The number of aryl methyl sites for hydroxylation is 1. The summed E-state index contributed by atoms with van der Waals surface area (Å²) in [5.41, 5.74) is 1.65. The Morgan fingerprint density at radius 1 is 1.00 bits per heavy atom. The molecule has 0 saturated carbocycles. The smallest absolute Gasteiger partial charge is 0.0840 e. The van der Waals surface area contributed by atoms with Gasteiger partial charge in [-0.2, -0.15) is 0 Å². The van der Waals surface area contributed by atoms with Gasteiger partial charge < -0.3 is 5.11 Å². The first-order chi connectivity index (χ1) is 7.54. The Labute approximate surface area is 99.5 Å². The van der Waals surface area contributed by atoms with E-state index in [1.54, 1.807) is 0 Å². The number of rotatable bonds is 6. The van der Waals surface area contributed by atoms with Crippen LogP contribution in [0.3, 0.4) is 0 Å². The van der Waals surface area contributed by atoms with Crippen LogP contribution in [0.25, 0.3) is 0 Å². The summed E-state index contributed by atoms with van der Waals surface area (Å²) in [4.78, 5) is 0. The Hall–Kier alpha value is -0.820. The van der Waals surface area contributed by atoms with Gasteiger partial charge in [0.05, 0.1) is 5.60 Å². The van der Waals surface area contributed by atoms with E-state index in [-0.39, 0.29) is 0 Å². The van der Waals surface area contributed by atoms with Crippen LogP contribution in [0.1, 0.15) is 57.6 Å². The predicted octanol–water partition coefficient (Wildman–Crippen LogP) is 4.04. The highest BCUT2D eigenvalue weighted by Gasteiger charge is 2.14. The van der Waals surface area contributed by atoms with Gasteiger partial charge in [-0.05, 0) is 37.8 Å². The third-order valence-electron chi connectivity index (χ3n) is 2.98. The van der Waals surface area contributed by atoms with E-state index in [0.29, 0.717) is 0 Å². The molecule has 1 nitrogen and oxygen atoms in total. The summed E-state index contributed by atoms with van der Waals surface area (Å²) in [5, 5.41) is 9.83. The van der Waals surface area contributed by atoms with Crippen LogP contribution in [0.4, 0.5) is 0 Å². The lowest BCUT2D eigenvalue weighted by molar-refractivity contribution is 0.0786. The molecule has 1 aromatic rings. The molecule has 1 N–H and O–H groups in total. The van der Waals surface area contributed by atoms with Crippen LogP contribution in [0.5, 0.6) is 0 Å². The normalized spacial score (nSPS) is 11.8. The molecule has 0 atom stereocenters. The summed E-state index contributed by atoms with van der Waals surface area (Å²) >= 11 is 0. The van der Waals surface area contributed by atoms with Crippen molar-refractivity contribution in [1.82, 2.24) is 0 Å². The van der Waals surface area contributed by atoms with Crippen molar-refractivity contribution >= 4 is 0 Å². The Morgan fingerprint density at radius 2 is 1.62 bits per heavy atom. The van der Waals surface area contributed by atoms with Crippen molar-refractivity contribution in [2.45, 2.75) is 58.5 Å². The van der Waals surface area contributed by atoms with Gasteiger partial charge in [0.15, 0.2) is 0 Å². The zero-order valence-electron chi connectivity index (χ0n) is 10.8. The molecule has 0 aliphatic carbocycles. The fourth-order valence-electron chi connectivity index (χ4n) is 1.84. The van der Waals surface area contributed by atoms with Crippen LogP contribution < -0.4 is 0 Å². The quantitative estimate of drug-likeness (QED) is 0.717. The molecule has 1 aromatic carbocycles. The minimum atomic E-state index is -0.721. The monoisotopic (exact) mass is 220 g/mol. The van der Waals surface area contributed by atoms with Crippen LogP contribution in [0, 0.1) is 0 Å². The minimum Gasteiger partial charge on any atom is -0.386 e. The molecule has 0 aliphatic heterocycles. The molecule has 0 aliphatic rings. The van der Waals surface area contributed by atoms with Crippen molar-refractivity contribution in [2.24, 2.45) is 0 Å². The minimum absolute atomic E-state index is 0.721. The number of benzene rings is 1. The second-order valence-electron chi connectivity index (χ2n) is 5.07. The maximum Gasteiger partial charge on any atom is 0.0840 e. The fraction of sp³-hybridized carbons (Fsp3) is 0.600. The molecule has 1 rings (SSSR count). The second kappa shape index (κ2) is 6.05. The van der Waals surface area contributed by atoms with Crippen LogP contribution in [-0.2, 0) is 12.0 Å². The molecule has 90 valence electrons. The Morgan fingerprint density at radius 3 is 2.12 bits per heavy atom. The third kappa shape index (κ3) is 4.36. The van der Waals surface area contributed by atoms with E-state index in [4.69, 9.17) is 0 Å². The Kier molecular flexibility index (Phi) is 5.01. The maximum atomic E-state index is 9.83. The van der Waals surface area contributed by atoms with E-state index in [1.807, 2.05) is 26.0 Å². The zero-order valence-corrected chi connectivity index (χ0v) is 10.8. The van der Waals surface area contributed by atoms with Gasteiger partial charge in [0.2, 0.25) is 0 Å². The molecule has 1 heteroatoms. The third-order valence-corrected chi connectivity index (χ3v) is 2.98. The van der Waals surface area contributed by atoms with E-state index in [0.717, 1.165) is 12.0 Å². The summed E-state index contributed by atoms with van der Waals surface area (Å²) in [7, 11) is 0. The Bertz CT molecular complexity index is 292.